The standard InChI is InChI=1S/C15H15Cl2IS/c1-15(2,3)13-7-6-12(19-13)14(17)9-4-5-11(18)10(16)8-9/h4-8,14H,1-3H3. The lowest BCUT2D eigenvalue weighted by Gasteiger charge is -2.15. The van der Waals surface area contributed by atoms with Crippen LogP contribution in [0.15, 0.2) is 30.3 Å². The van der Waals surface area contributed by atoms with Crippen molar-refractivity contribution in [3.63, 3.8) is 0 Å². The van der Waals surface area contributed by atoms with Gasteiger partial charge >= 0.3 is 0 Å². The molecule has 1 aromatic carbocycles. The number of rotatable bonds is 2. The summed E-state index contributed by atoms with van der Waals surface area (Å²) in [6.45, 7) is 6.65. The van der Waals surface area contributed by atoms with Gasteiger partial charge in [-0.05, 0) is 57.8 Å². The summed E-state index contributed by atoms with van der Waals surface area (Å²) in [7, 11) is 0. The van der Waals surface area contributed by atoms with E-state index in [1.807, 2.05) is 18.2 Å². The van der Waals surface area contributed by atoms with E-state index in [1.54, 1.807) is 11.3 Å². The van der Waals surface area contributed by atoms with Crippen LogP contribution in [0.2, 0.25) is 5.02 Å². The Balaban J connectivity index is 2.31. The topological polar surface area (TPSA) is 0 Å². The third kappa shape index (κ3) is 3.66. The molecule has 19 heavy (non-hydrogen) atoms. The molecule has 0 aliphatic rings. The number of alkyl halides is 1. The van der Waals surface area contributed by atoms with Crippen molar-refractivity contribution in [3.8, 4) is 0 Å². The van der Waals surface area contributed by atoms with Crippen LogP contribution in [0.1, 0.15) is 41.5 Å². The van der Waals surface area contributed by atoms with E-state index < -0.39 is 0 Å². The average Bonchev–Trinajstić information content (AvgIpc) is 2.81. The van der Waals surface area contributed by atoms with Crippen LogP contribution >= 0.6 is 57.1 Å². The van der Waals surface area contributed by atoms with E-state index >= 15 is 0 Å². The molecule has 0 saturated heterocycles. The predicted octanol–water partition coefficient (Wildman–Crippen LogP) is 6.63. The van der Waals surface area contributed by atoms with Crippen LogP contribution in [0.5, 0.6) is 0 Å². The molecule has 1 atom stereocenters. The maximum Gasteiger partial charge on any atom is 0.0928 e. The molecule has 1 unspecified atom stereocenters. The van der Waals surface area contributed by atoms with Crippen molar-refractivity contribution in [2.45, 2.75) is 31.6 Å². The fraction of sp³-hybridized carbons (Fsp3) is 0.333. The molecule has 4 heteroatoms. The largest absolute Gasteiger partial charge is 0.143 e. The van der Waals surface area contributed by atoms with Crippen LogP contribution in [0.4, 0.5) is 0 Å². The third-order valence-corrected chi connectivity index (χ3v) is 6.62. The smallest absolute Gasteiger partial charge is 0.0928 e. The summed E-state index contributed by atoms with van der Waals surface area (Å²) in [4.78, 5) is 2.52. The van der Waals surface area contributed by atoms with E-state index in [1.165, 1.54) is 9.75 Å². The van der Waals surface area contributed by atoms with E-state index in [4.69, 9.17) is 23.2 Å². The zero-order valence-corrected chi connectivity index (χ0v) is 15.5. The van der Waals surface area contributed by atoms with Crippen LogP contribution in [-0.4, -0.2) is 0 Å². The van der Waals surface area contributed by atoms with Crippen molar-refractivity contribution in [2.75, 3.05) is 0 Å². The predicted molar refractivity (Wildman–Crippen MR) is 94.9 cm³/mol. The first kappa shape index (κ1) is 15.6. The number of halogens is 3. The molecule has 0 fully saturated rings. The summed E-state index contributed by atoms with van der Waals surface area (Å²) in [5, 5.41) is 0.631. The first-order chi connectivity index (χ1) is 8.79. The molecule has 2 rings (SSSR count). The van der Waals surface area contributed by atoms with Gasteiger partial charge in [-0.25, -0.2) is 0 Å². The molecule has 0 spiro atoms. The molecular weight excluding hydrogens is 410 g/mol. The Hall–Kier alpha value is 0.230. The summed E-state index contributed by atoms with van der Waals surface area (Å²) < 4.78 is 1.05. The van der Waals surface area contributed by atoms with Crippen molar-refractivity contribution in [1.29, 1.82) is 0 Å². The molecule has 0 bridgehead atoms. The van der Waals surface area contributed by atoms with Gasteiger partial charge in [-0.15, -0.1) is 22.9 Å². The Morgan fingerprint density at radius 2 is 1.84 bits per heavy atom. The summed E-state index contributed by atoms with van der Waals surface area (Å²) in [5.41, 5.74) is 1.22. The third-order valence-electron chi connectivity index (χ3n) is 2.85. The Morgan fingerprint density at radius 1 is 1.16 bits per heavy atom. The van der Waals surface area contributed by atoms with Gasteiger partial charge in [0, 0.05) is 13.3 Å². The van der Waals surface area contributed by atoms with Gasteiger partial charge in [0.1, 0.15) is 0 Å². The molecule has 0 aliphatic heterocycles. The van der Waals surface area contributed by atoms with Gasteiger partial charge in [-0.2, -0.15) is 0 Å². The lowest BCUT2D eigenvalue weighted by atomic mass is 9.95. The Labute approximate surface area is 142 Å². The van der Waals surface area contributed by atoms with Gasteiger partial charge in [0.25, 0.3) is 0 Å². The SMILES string of the molecule is CC(C)(C)c1ccc(C(Cl)c2ccc(I)c(Cl)c2)s1. The normalized spacial score (nSPS) is 13.6. The van der Waals surface area contributed by atoms with Crippen molar-refractivity contribution < 1.29 is 0 Å². The quantitative estimate of drug-likeness (QED) is 0.374. The van der Waals surface area contributed by atoms with Crippen LogP contribution in [0.25, 0.3) is 0 Å². The molecule has 0 radical (unpaired) electrons. The van der Waals surface area contributed by atoms with Crippen molar-refractivity contribution >= 4 is 57.1 Å². The van der Waals surface area contributed by atoms with E-state index in [0.717, 1.165) is 14.2 Å². The maximum atomic E-state index is 6.57. The number of hydrogen-bond acceptors (Lipinski definition) is 1. The fourth-order valence-corrected chi connectivity index (χ4v) is 3.66. The maximum absolute atomic E-state index is 6.57. The van der Waals surface area contributed by atoms with Crippen LogP contribution in [0.3, 0.4) is 0 Å². The lowest BCUT2D eigenvalue weighted by Crippen LogP contribution is -2.07. The highest BCUT2D eigenvalue weighted by Crippen LogP contribution is 2.38. The molecule has 0 aliphatic carbocycles. The lowest BCUT2D eigenvalue weighted by molar-refractivity contribution is 0.604. The highest BCUT2D eigenvalue weighted by atomic mass is 127. The van der Waals surface area contributed by atoms with Gasteiger partial charge in [0.2, 0.25) is 0 Å². The zero-order valence-electron chi connectivity index (χ0n) is 11.0. The summed E-state index contributed by atoms with van der Waals surface area (Å²) in [5.74, 6) is 0. The fourth-order valence-electron chi connectivity index (χ4n) is 1.73. The zero-order chi connectivity index (χ0) is 14.2. The summed E-state index contributed by atoms with van der Waals surface area (Å²) in [6.07, 6.45) is 0. The second-order valence-corrected chi connectivity index (χ2v) is 8.61. The van der Waals surface area contributed by atoms with Gasteiger partial charge in [-0.3, -0.25) is 0 Å². The van der Waals surface area contributed by atoms with Crippen LogP contribution < -0.4 is 0 Å². The molecule has 0 N–H and O–H groups in total. The molecule has 0 amide bonds. The van der Waals surface area contributed by atoms with E-state index in [-0.39, 0.29) is 10.8 Å². The Kier molecular flexibility index (Phi) is 4.87. The first-order valence-corrected chi connectivity index (χ1v) is 8.69. The molecule has 1 heterocycles. The number of hydrogen-bond donors (Lipinski definition) is 0. The number of thiophene rings is 1. The van der Waals surface area contributed by atoms with Crippen LogP contribution in [-0.2, 0) is 5.41 Å². The molecule has 102 valence electrons. The van der Waals surface area contributed by atoms with Gasteiger partial charge in [0.15, 0.2) is 0 Å². The summed E-state index contributed by atoms with van der Waals surface area (Å²) in [6, 6.07) is 10.3. The van der Waals surface area contributed by atoms with E-state index in [2.05, 4.69) is 55.5 Å². The second-order valence-electron chi connectivity index (χ2n) is 5.49. The molecule has 0 saturated carbocycles. The molecule has 1 aromatic heterocycles. The highest BCUT2D eigenvalue weighted by molar-refractivity contribution is 14.1. The molecular formula is C15H15Cl2IS. The minimum absolute atomic E-state index is 0.129. The van der Waals surface area contributed by atoms with Crippen molar-refractivity contribution in [2.24, 2.45) is 0 Å². The van der Waals surface area contributed by atoms with Gasteiger partial charge in [-0.1, -0.05) is 38.4 Å². The first-order valence-electron chi connectivity index (χ1n) is 5.98. The van der Waals surface area contributed by atoms with Gasteiger partial charge < -0.3 is 0 Å². The van der Waals surface area contributed by atoms with Crippen molar-refractivity contribution in [1.82, 2.24) is 0 Å². The minimum atomic E-state index is -0.129. The van der Waals surface area contributed by atoms with Crippen molar-refractivity contribution in [3.05, 3.63) is 54.2 Å². The second kappa shape index (κ2) is 5.92. The van der Waals surface area contributed by atoms with E-state index in [0.29, 0.717) is 0 Å². The molecule has 2 aromatic rings. The Bertz CT molecular complexity index is 584. The monoisotopic (exact) mass is 424 g/mol. The van der Waals surface area contributed by atoms with Crippen LogP contribution in [0, 0.1) is 3.57 Å². The Morgan fingerprint density at radius 3 is 2.37 bits per heavy atom. The summed E-state index contributed by atoms with van der Waals surface area (Å²) >= 11 is 16.7. The number of benzene rings is 1. The average molecular weight is 425 g/mol. The van der Waals surface area contributed by atoms with Gasteiger partial charge in [0.05, 0.1) is 10.4 Å². The highest BCUT2D eigenvalue weighted by Gasteiger charge is 2.20. The minimum Gasteiger partial charge on any atom is -0.143 e. The van der Waals surface area contributed by atoms with E-state index in [9.17, 15) is 0 Å². The molecule has 0 nitrogen and oxygen atoms in total.